The van der Waals surface area contributed by atoms with Crippen molar-refractivity contribution in [1.29, 1.82) is 0 Å². The van der Waals surface area contributed by atoms with Gasteiger partial charge in [0.25, 0.3) is 5.56 Å². The van der Waals surface area contributed by atoms with E-state index in [9.17, 15) is 36.7 Å². The van der Waals surface area contributed by atoms with Gasteiger partial charge < -0.3 is 29.7 Å². The van der Waals surface area contributed by atoms with Gasteiger partial charge in [0.1, 0.15) is 17.3 Å². The topological polar surface area (TPSA) is 148 Å². The average molecular weight is 590 g/mol. The van der Waals surface area contributed by atoms with Crippen LogP contribution in [0.4, 0.5) is 28.9 Å². The zero-order valence-corrected chi connectivity index (χ0v) is 22.4. The molecule has 1 aromatic heterocycles. The van der Waals surface area contributed by atoms with Gasteiger partial charge in [-0.25, -0.2) is 18.8 Å². The minimum absolute atomic E-state index is 0.139. The fourth-order valence-electron chi connectivity index (χ4n) is 3.86. The van der Waals surface area contributed by atoms with Crippen molar-refractivity contribution in [3.8, 4) is 5.75 Å². The van der Waals surface area contributed by atoms with Gasteiger partial charge in [0, 0.05) is 71.2 Å². The number of halogens is 4. The van der Waals surface area contributed by atoms with Gasteiger partial charge in [0.15, 0.2) is 6.61 Å². The minimum atomic E-state index is -4.52. The molecular weight excluding hydrogens is 558 g/mol. The molecule has 0 unspecified atom stereocenters. The number of hydrogen-bond donors (Lipinski definition) is 3. The number of nitrogens with one attached hydrogen (secondary N) is 1. The Labute approximate surface area is 231 Å². The Morgan fingerprint density at radius 3 is 2.20 bits per heavy atom. The number of H-pyrrole nitrogens is 1. The van der Waals surface area contributed by atoms with E-state index in [0.29, 0.717) is 62.7 Å². The van der Waals surface area contributed by atoms with Gasteiger partial charge in [-0.05, 0) is 25.1 Å². The third kappa shape index (κ3) is 11.0. The molecule has 1 aliphatic heterocycles. The Hall–Kier alpha value is -4.34. The maximum absolute atomic E-state index is 13.6. The molecule has 0 radical (unpaired) electrons. The van der Waals surface area contributed by atoms with Crippen LogP contribution in [-0.2, 0) is 16.1 Å². The summed E-state index contributed by atoms with van der Waals surface area (Å²) in [6.45, 7) is 1.71. The fraction of sp³-hybridized carbons (Fsp3) is 0.440. The second kappa shape index (κ2) is 14.9. The Balaban J connectivity index is 0.000000642. The number of alkyl halides is 3. The van der Waals surface area contributed by atoms with Crippen molar-refractivity contribution in [3.63, 3.8) is 0 Å². The van der Waals surface area contributed by atoms with E-state index in [1.807, 2.05) is 4.90 Å². The van der Waals surface area contributed by atoms with Crippen LogP contribution < -0.4 is 25.8 Å². The first-order valence-electron chi connectivity index (χ1n) is 12.3. The molecule has 41 heavy (non-hydrogen) atoms. The molecule has 12 nitrogen and oxygen atoms in total. The predicted molar refractivity (Wildman–Crippen MR) is 141 cm³/mol. The average Bonchev–Trinajstić information content (AvgIpc) is 2.88. The normalized spacial score (nSPS) is 14.0. The highest BCUT2D eigenvalue weighted by Gasteiger charge is 2.29. The molecule has 0 saturated carbocycles. The molecule has 2 aromatic rings. The maximum Gasteiger partial charge on any atom is 0.422 e. The van der Waals surface area contributed by atoms with E-state index < -0.39 is 36.2 Å². The standard InChI is InChI=1S/C21H27F4N5O3.C4H4O4/c1-27(2)17-13-26-20(32)30(19(17)31)7-3-6-28-8-10-29(11-9-28)16-5-4-15(22)12-18(16)33-14-21(23,24)25;5-3(6)1-2-4(7)8/h4-5,12-13H,3,6-11,14H2,1-2H3,(H,26,32);1-2H,(H,5,6)(H,7,8)/b;2-1+. The zero-order valence-electron chi connectivity index (χ0n) is 22.4. The molecule has 16 heteroatoms. The van der Waals surface area contributed by atoms with Crippen LogP contribution in [0.5, 0.6) is 5.75 Å². The number of aromatic amines is 1. The summed E-state index contributed by atoms with van der Waals surface area (Å²) in [4.78, 5) is 51.8. The van der Waals surface area contributed by atoms with E-state index >= 15 is 0 Å². The molecule has 0 aliphatic carbocycles. The van der Waals surface area contributed by atoms with Crippen molar-refractivity contribution in [1.82, 2.24) is 14.5 Å². The lowest BCUT2D eigenvalue weighted by Gasteiger charge is -2.36. The summed E-state index contributed by atoms with van der Waals surface area (Å²) in [7, 11) is 3.44. The largest absolute Gasteiger partial charge is 0.482 e. The lowest BCUT2D eigenvalue weighted by atomic mass is 10.2. The number of hydrogen-bond acceptors (Lipinski definition) is 8. The van der Waals surface area contributed by atoms with Crippen LogP contribution in [0.25, 0.3) is 0 Å². The molecule has 0 spiro atoms. The minimum Gasteiger partial charge on any atom is -0.482 e. The second-order valence-electron chi connectivity index (χ2n) is 9.04. The monoisotopic (exact) mass is 589 g/mol. The summed E-state index contributed by atoms with van der Waals surface area (Å²) in [5.41, 5.74) is -0.000625. The Morgan fingerprint density at radius 2 is 1.66 bits per heavy atom. The number of carboxylic acid groups (broad SMARTS) is 2. The smallest absolute Gasteiger partial charge is 0.422 e. The quantitative estimate of drug-likeness (QED) is 0.276. The molecule has 0 amide bonds. The maximum atomic E-state index is 13.6. The number of nitrogens with zero attached hydrogens (tertiary/aromatic N) is 4. The number of carboxylic acids is 2. The van der Waals surface area contributed by atoms with E-state index in [4.69, 9.17) is 14.9 Å². The number of benzene rings is 1. The van der Waals surface area contributed by atoms with Crippen molar-refractivity contribution in [2.75, 3.05) is 63.2 Å². The lowest BCUT2D eigenvalue weighted by molar-refractivity contribution is -0.153. The van der Waals surface area contributed by atoms with Crippen LogP contribution in [0.2, 0.25) is 0 Å². The summed E-state index contributed by atoms with van der Waals surface area (Å²) < 4.78 is 57.2. The second-order valence-corrected chi connectivity index (χ2v) is 9.04. The molecule has 1 saturated heterocycles. The summed E-state index contributed by atoms with van der Waals surface area (Å²) in [6, 6.07) is 3.58. The van der Waals surface area contributed by atoms with Gasteiger partial charge in [-0.2, -0.15) is 13.2 Å². The predicted octanol–water partition coefficient (Wildman–Crippen LogP) is 1.61. The zero-order chi connectivity index (χ0) is 30.7. The van der Waals surface area contributed by atoms with Crippen molar-refractivity contribution in [3.05, 3.63) is 63.2 Å². The highest BCUT2D eigenvalue weighted by Crippen LogP contribution is 2.31. The number of rotatable bonds is 10. The van der Waals surface area contributed by atoms with E-state index in [1.165, 1.54) is 22.9 Å². The van der Waals surface area contributed by atoms with Gasteiger partial charge in [0.2, 0.25) is 0 Å². The van der Waals surface area contributed by atoms with Crippen molar-refractivity contribution in [2.45, 2.75) is 19.1 Å². The Bertz CT molecular complexity index is 1320. The third-order valence-electron chi connectivity index (χ3n) is 5.77. The van der Waals surface area contributed by atoms with Gasteiger partial charge in [-0.3, -0.25) is 14.3 Å². The number of anilines is 2. The Kier molecular flexibility index (Phi) is 11.9. The summed E-state index contributed by atoms with van der Waals surface area (Å²) in [5.74, 6) is -3.32. The molecule has 3 rings (SSSR count). The van der Waals surface area contributed by atoms with Gasteiger partial charge >= 0.3 is 23.8 Å². The highest BCUT2D eigenvalue weighted by atomic mass is 19.4. The van der Waals surface area contributed by atoms with E-state index in [1.54, 1.807) is 19.0 Å². The SMILES string of the molecule is CN(C)c1c[nH]c(=O)n(CCCN2CCN(c3ccc(F)cc3OCC(F)(F)F)CC2)c1=O.O=C(O)/C=C/C(=O)O. The molecule has 1 aromatic carbocycles. The molecule has 1 fully saturated rings. The first-order chi connectivity index (χ1) is 19.2. The molecule has 3 N–H and O–H groups in total. The van der Waals surface area contributed by atoms with Gasteiger partial charge in [-0.15, -0.1) is 0 Å². The summed E-state index contributed by atoms with van der Waals surface area (Å²) in [6.07, 6.45) is -1.43. The number of aliphatic carboxylic acids is 2. The number of ether oxygens (including phenoxy) is 1. The lowest BCUT2D eigenvalue weighted by Crippen LogP contribution is -2.47. The van der Waals surface area contributed by atoms with Crippen LogP contribution in [0.1, 0.15) is 6.42 Å². The van der Waals surface area contributed by atoms with E-state index in [2.05, 4.69) is 9.88 Å². The van der Waals surface area contributed by atoms with Crippen molar-refractivity contribution < 1.29 is 42.1 Å². The van der Waals surface area contributed by atoms with Crippen LogP contribution in [0, 0.1) is 5.82 Å². The number of aromatic nitrogens is 2. The summed E-state index contributed by atoms with van der Waals surface area (Å²) in [5, 5.41) is 15.6. The Morgan fingerprint density at radius 1 is 1.05 bits per heavy atom. The third-order valence-corrected chi connectivity index (χ3v) is 5.77. The molecule has 1 aliphatic rings. The number of piperazine rings is 1. The highest BCUT2D eigenvalue weighted by molar-refractivity contribution is 5.89. The van der Waals surface area contributed by atoms with Crippen LogP contribution >= 0.6 is 0 Å². The fourth-order valence-corrected chi connectivity index (χ4v) is 3.86. The van der Waals surface area contributed by atoms with Crippen molar-refractivity contribution >= 4 is 23.3 Å². The van der Waals surface area contributed by atoms with Gasteiger partial charge in [0.05, 0.1) is 5.69 Å². The molecule has 0 bridgehead atoms. The molecular formula is C25H31F4N5O7. The molecule has 0 atom stereocenters. The first-order valence-corrected chi connectivity index (χ1v) is 12.3. The molecule has 226 valence electrons. The van der Waals surface area contributed by atoms with Crippen LogP contribution in [0.3, 0.4) is 0 Å². The van der Waals surface area contributed by atoms with Crippen LogP contribution in [-0.4, -0.2) is 96.2 Å². The van der Waals surface area contributed by atoms with Crippen molar-refractivity contribution in [2.24, 2.45) is 0 Å². The molecule has 2 heterocycles. The van der Waals surface area contributed by atoms with Gasteiger partial charge in [-0.1, -0.05) is 0 Å². The first kappa shape index (κ1) is 32.9. The van der Waals surface area contributed by atoms with E-state index in [0.717, 1.165) is 6.07 Å². The van der Waals surface area contributed by atoms with E-state index in [-0.39, 0.29) is 17.9 Å². The number of carbonyl (C=O) groups is 2. The van der Waals surface area contributed by atoms with Crippen LogP contribution in [0.15, 0.2) is 46.1 Å². The summed E-state index contributed by atoms with van der Waals surface area (Å²) >= 11 is 0.